The summed E-state index contributed by atoms with van der Waals surface area (Å²) in [6.45, 7) is 5.75. The Morgan fingerprint density at radius 1 is 1.15 bits per heavy atom. The first kappa shape index (κ1) is 25.2. The smallest absolute Gasteiger partial charge is 0.393 e. The predicted octanol–water partition coefficient (Wildman–Crippen LogP) is 4.86. The standard InChI is InChI=1S/C26H40F3NO3/c1-17(13-30-14-22(15-30)33-16-26(27,28)29)23-7-8-24-19(4-3-9-25(23,24)2)6-5-18-10-20(31)12-21(32)11-18/h5-6,17,20-24,31-32H,3-4,7-16H2,1-2H3/t17?,20-,21-,23-,24+,25-/m1/s1. The fourth-order valence-corrected chi connectivity index (χ4v) is 7.27. The van der Waals surface area contributed by atoms with Crippen LogP contribution in [0.4, 0.5) is 13.2 Å². The highest BCUT2D eigenvalue weighted by molar-refractivity contribution is 5.26. The van der Waals surface area contributed by atoms with Gasteiger partial charge in [-0.3, -0.25) is 4.90 Å². The van der Waals surface area contributed by atoms with Gasteiger partial charge in [0.25, 0.3) is 0 Å². The zero-order chi connectivity index (χ0) is 23.8. The Labute approximate surface area is 195 Å². The number of ether oxygens (including phenoxy) is 1. The average Bonchev–Trinajstić information content (AvgIpc) is 3.04. The summed E-state index contributed by atoms with van der Waals surface area (Å²) in [5, 5.41) is 19.9. The maximum absolute atomic E-state index is 12.3. The van der Waals surface area contributed by atoms with Crippen molar-refractivity contribution in [3.63, 3.8) is 0 Å². The number of aliphatic hydroxyl groups is 2. The molecule has 1 saturated heterocycles. The predicted molar refractivity (Wildman–Crippen MR) is 122 cm³/mol. The second-order valence-electron chi connectivity index (χ2n) is 11.4. The average molecular weight is 472 g/mol. The van der Waals surface area contributed by atoms with Gasteiger partial charge >= 0.3 is 6.18 Å². The molecule has 0 aromatic rings. The molecule has 2 N–H and O–H groups in total. The molecular weight excluding hydrogens is 431 g/mol. The van der Waals surface area contributed by atoms with Crippen molar-refractivity contribution >= 4 is 0 Å². The maximum atomic E-state index is 12.3. The minimum atomic E-state index is -4.25. The van der Waals surface area contributed by atoms with Crippen LogP contribution in [-0.2, 0) is 4.74 Å². The molecule has 0 aromatic carbocycles. The summed E-state index contributed by atoms with van der Waals surface area (Å²) >= 11 is 0. The van der Waals surface area contributed by atoms with E-state index in [4.69, 9.17) is 4.74 Å². The molecule has 4 nitrogen and oxygen atoms in total. The minimum absolute atomic E-state index is 0.269. The lowest BCUT2D eigenvalue weighted by molar-refractivity contribution is -0.200. The fourth-order valence-electron chi connectivity index (χ4n) is 7.27. The molecule has 188 valence electrons. The Hall–Kier alpha value is -0.890. The molecule has 0 amide bonds. The molecule has 1 aliphatic heterocycles. The van der Waals surface area contributed by atoms with E-state index >= 15 is 0 Å². The van der Waals surface area contributed by atoms with E-state index in [0.717, 1.165) is 18.5 Å². The number of rotatable bonds is 6. The molecule has 1 heterocycles. The van der Waals surface area contributed by atoms with E-state index in [1.54, 1.807) is 0 Å². The van der Waals surface area contributed by atoms with Crippen LogP contribution >= 0.6 is 0 Å². The molecule has 3 saturated carbocycles. The topological polar surface area (TPSA) is 52.9 Å². The number of likely N-dealkylation sites (tertiary alicyclic amines) is 1. The lowest BCUT2D eigenvalue weighted by atomic mass is 9.61. The first-order chi connectivity index (χ1) is 15.5. The maximum Gasteiger partial charge on any atom is 0.411 e. The SMILES string of the molecule is CC(CN1CC(OCC(F)(F)F)C1)[C@H]1CC[C@H]2C(=CC=C3C[C@@H](O)C[C@H](O)C3)CCC[C@]12C. The minimum Gasteiger partial charge on any atom is -0.393 e. The van der Waals surface area contributed by atoms with Gasteiger partial charge in [-0.2, -0.15) is 13.2 Å². The van der Waals surface area contributed by atoms with Crippen LogP contribution < -0.4 is 0 Å². The van der Waals surface area contributed by atoms with Crippen molar-refractivity contribution in [2.75, 3.05) is 26.2 Å². The van der Waals surface area contributed by atoms with E-state index in [1.165, 1.54) is 31.3 Å². The summed E-state index contributed by atoms with van der Waals surface area (Å²) in [7, 11) is 0. The molecule has 1 unspecified atom stereocenters. The molecule has 4 aliphatic rings. The quantitative estimate of drug-likeness (QED) is 0.581. The number of nitrogens with zero attached hydrogens (tertiary/aromatic N) is 1. The van der Waals surface area contributed by atoms with Crippen molar-refractivity contribution < 1.29 is 28.1 Å². The Morgan fingerprint density at radius 3 is 2.52 bits per heavy atom. The lowest BCUT2D eigenvalue weighted by Gasteiger charge is -2.47. The van der Waals surface area contributed by atoms with Gasteiger partial charge in [0.05, 0.1) is 18.3 Å². The van der Waals surface area contributed by atoms with Crippen LogP contribution in [0.5, 0.6) is 0 Å². The summed E-state index contributed by atoms with van der Waals surface area (Å²) < 4.78 is 42.0. The zero-order valence-electron chi connectivity index (χ0n) is 20.0. The van der Waals surface area contributed by atoms with Crippen LogP contribution in [-0.4, -0.2) is 65.8 Å². The number of alkyl halides is 3. The largest absolute Gasteiger partial charge is 0.411 e. The van der Waals surface area contributed by atoms with Crippen molar-refractivity contribution in [2.45, 2.75) is 89.7 Å². The highest BCUT2D eigenvalue weighted by atomic mass is 19.4. The van der Waals surface area contributed by atoms with Gasteiger partial charge < -0.3 is 14.9 Å². The van der Waals surface area contributed by atoms with E-state index in [2.05, 4.69) is 30.9 Å². The first-order valence-corrected chi connectivity index (χ1v) is 12.7. The second kappa shape index (κ2) is 10.00. The third-order valence-electron chi connectivity index (χ3n) is 8.75. The third kappa shape index (κ3) is 6.03. The van der Waals surface area contributed by atoms with Gasteiger partial charge in [-0.05, 0) is 74.5 Å². The number of hydrogen-bond donors (Lipinski definition) is 2. The molecule has 0 aromatic heterocycles. The molecule has 3 aliphatic carbocycles. The number of aliphatic hydroxyl groups excluding tert-OH is 2. The van der Waals surface area contributed by atoms with Gasteiger partial charge in [-0.25, -0.2) is 0 Å². The molecule has 4 rings (SSSR count). The monoisotopic (exact) mass is 471 g/mol. The van der Waals surface area contributed by atoms with Crippen LogP contribution in [0.3, 0.4) is 0 Å². The van der Waals surface area contributed by atoms with Crippen molar-refractivity contribution in [1.29, 1.82) is 0 Å². The van der Waals surface area contributed by atoms with Crippen molar-refractivity contribution in [2.24, 2.45) is 23.2 Å². The summed E-state index contributed by atoms with van der Waals surface area (Å²) in [5.74, 6) is 1.70. The first-order valence-electron chi connectivity index (χ1n) is 12.7. The van der Waals surface area contributed by atoms with Crippen LogP contribution in [0.25, 0.3) is 0 Å². The van der Waals surface area contributed by atoms with Gasteiger partial charge in [0.15, 0.2) is 0 Å². The molecule has 0 radical (unpaired) electrons. The summed E-state index contributed by atoms with van der Waals surface area (Å²) in [4.78, 5) is 2.24. The number of allylic oxidation sites excluding steroid dienone is 3. The summed E-state index contributed by atoms with van der Waals surface area (Å²) in [5.41, 5.74) is 2.93. The molecule has 4 fully saturated rings. The Morgan fingerprint density at radius 2 is 1.85 bits per heavy atom. The van der Waals surface area contributed by atoms with Gasteiger partial charge in [0.2, 0.25) is 0 Å². The van der Waals surface area contributed by atoms with E-state index in [-0.39, 0.29) is 11.5 Å². The lowest BCUT2D eigenvalue weighted by Crippen LogP contribution is -2.55. The highest BCUT2D eigenvalue weighted by Crippen LogP contribution is 2.59. The van der Waals surface area contributed by atoms with Crippen LogP contribution in [0.15, 0.2) is 23.3 Å². The Bertz CT molecular complexity index is 734. The fraction of sp³-hybridized carbons (Fsp3) is 0.846. The number of hydrogen-bond acceptors (Lipinski definition) is 4. The third-order valence-corrected chi connectivity index (χ3v) is 8.75. The molecule has 7 heteroatoms. The Balaban J connectivity index is 1.33. The van der Waals surface area contributed by atoms with Gasteiger partial charge in [-0.15, -0.1) is 0 Å². The van der Waals surface area contributed by atoms with Crippen molar-refractivity contribution in [3.8, 4) is 0 Å². The molecule has 0 bridgehead atoms. The van der Waals surface area contributed by atoms with Crippen LogP contribution in [0.1, 0.15) is 65.2 Å². The number of halogens is 3. The normalized spacial score (nSPS) is 38.3. The highest BCUT2D eigenvalue weighted by Gasteiger charge is 2.51. The second-order valence-corrected chi connectivity index (χ2v) is 11.4. The summed E-state index contributed by atoms with van der Waals surface area (Å²) in [6.07, 6.45) is 6.76. The van der Waals surface area contributed by atoms with Gasteiger partial charge in [-0.1, -0.05) is 37.1 Å². The van der Waals surface area contributed by atoms with Crippen molar-refractivity contribution in [3.05, 3.63) is 23.3 Å². The summed E-state index contributed by atoms with van der Waals surface area (Å²) in [6, 6.07) is 0. The number of fused-ring (bicyclic) bond motifs is 1. The van der Waals surface area contributed by atoms with Crippen LogP contribution in [0.2, 0.25) is 0 Å². The van der Waals surface area contributed by atoms with E-state index in [9.17, 15) is 23.4 Å². The molecule has 33 heavy (non-hydrogen) atoms. The van der Waals surface area contributed by atoms with Crippen LogP contribution in [0, 0.1) is 23.2 Å². The molecule has 0 spiro atoms. The molecular formula is C26H40F3NO3. The van der Waals surface area contributed by atoms with Gasteiger partial charge in [0.1, 0.15) is 6.61 Å². The van der Waals surface area contributed by atoms with Crippen molar-refractivity contribution in [1.82, 2.24) is 4.90 Å². The molecule has 6 atom stereocenters. The van der Waals surface area contributed by atoms with Gasteiger partial charge in [0, 0.05) is 19.6 Å². The Kier molecular flexibility index (Phi) is 7.64. The van der Waals surface area contributed by atoms with E-state index in [0.29, 0.717) is 50.1 Å². The van der Waals surface area contributed by atoms with E-state index in [1.807, 2.05) is 0 Å². The van der Waals surface area contributed by atoms with E-state index < -0.39 is 25.0 Å². The zero-order valence-corrected chi connectivity index (χ0v) is 20.0.